The highest BCUT2D eigenvalue weighted by atomic mass is 16.6. The first-order valence-electron chi connectivity index (χ1n) is 6.60. The van der Waals surface area contributed by atoms with Crippen LogP contribution in [-0.2, 0) is 4.74 Å². The number of aromatic amines is 1. The molecule has 2 aromatic heterocycles. The van der Waals surface area contributed by atoms with Crippen LogP contribution in [0, 0.1) is 0 Å². The Balaban J connectivity index is 2.07. The Kier molecular flexibility index (Phi) is 2.89. The second kappa shape index (κ2) is 4.51. The van der Waals surface area contributed by atoms with Gasteiger partial charge in [-0.2, -0.15) is 4.52 Å². The number of ether oxygens (including phenoxy) is 2. The maximum atomic E-state index is 12.3. The largest absolute Gasteiger partial charge is 0.483 e. The molecule has 0 aromatic carbocycles. The molecule has 1 aliphatic heterocycles. The average Bonchev–Trinajstić information content (AvgIpc) is 2.85. The second-order valence-electron chi connectivity index (χ2n) is 5.71. The molecule has 0 spiro atoms. The van der Waals surface area contributed by atoms with Gasteiger partial charge in [-0.1, -0.05) is 0 Å². The van der Waals surface area contributed by atoms with Crippen LogP contribution in [0.3, 0.4) is 0 Å². The molecule has 0 aliphatic carbocycles. The van der Waals surface area contributed by atoms with E-state index in [0.29, 0.717) is 5.65 Å². The quantitative estimate of drug-likeness (QED) is 0.787. The zero-order chi connectivity index (χ0) is 15.2. The highest BCUT2D eigenvalue weighted by Crippen LogP contribution is 2.27. The van der Waals surface area contributed by atoms with Gasteiger partial charge in [0.25, 0.3) is 0 Å². The lowest BCUT2D eigenvalue weighted by atomic mass is 10.2. The molecule has 3 rings (SSSR count). The number of hydrogen-bond donors (Lipinski definition) is 1. The van der Waals surface area contributed by atoms with Crippen molar-refractivity contribution in [3.63, 3.8) is 0 Å². The summed E-state index contributed by atoms with van der Waals surface area (Å²) in [4.78, 5) is 30.2. The molecule has 8 heteroatoms. The van der Waals surface area contributed by atoms with Crippen molar-refractivity contribution in [3.05, 3.63) is 22.6 Å². The maximum Gasteiger partial charge on any atom is 0.416 e. The smallest absolute Gasteiger partial charge is 0.416 e. The second-order valence-corrected chi connectivity index (χ2v) is 5.71. The van der Waals surface area contributed by atoms with Gasteiger partial charge in [-0.15, -0.1) is 0 Å². The van der Waals surface area contributed by atoms with Crippen molar-refractivity contribution >= 4 is 17.6 Å². The molecule has 1 aliphatic rings. The number of nitrogens with zero attached hydrogens (tertiary/aromatic N) is 3. The molecular formula is C13H16N4O4. The zero-order valence-corrected chi connectivity index (χ0v) is 12.0. The van der Waals surface area contributed by atoms with E-state index >= 15 is 0 Å². The molecule has 112 valence electrons. The number of anilines is 1. The monoisotopic (exact) mass is 292 g/mol. The Bertz CT molecular complexity index is 756. The molecule has 8 nitrogen and oxygen atoms in total. The van der Waals surface area contributed by atoms with Crippen molar-refractivity contribution in [1.29, 1.82) is 0 Å². The summed E-state index contributed by atoms with van der Waals surface area (Å²) in [5.41, 5.74) is -0.589. The van der Waals surface area contributed by atoms with Crippen molar-refractivity contribution in [1.82, 2.24) is 14.6 Å². The molecule has 0 bridgehead atoms. The normalized spacial score (nSPS) is 14.7. The van der Waals surface area contributed by atoms with Crippen LogP contribution < -0.4 is 15.2 Å². The van der Waals surface area contributed by atoms with E-state index in [9.17, 15) is 9.59 Å². The number of carbonyl (C=O) groups is 1. The van der Waals surface area contributed by atoms with E-state index in [4.69, 9.17) is 9.47 Å². The van der Waals surface area contributed by atoms with Gasteiger partial charge >= 0.3 is 11.7 Å². The molecule has 1 amide bonds. The third-order valence-electron chi connectivity index (χ3n) is 2.92. The number of hydrogen-bond acceptors (Lipinski definition) is 5. The Labute approximate surface area is 120 Å². The third kappa shape index (κ3) is 2.32. The fraction of sp³-hybridized carbons (Fsp3) is 0.462. The average molecular weight is 292 g/mol. The molecule has 0 radical (unpaired) electrons. The number of H-pyrrole nitrogens is 1. The van der Waals surface area contributed by atoms with Crippen molar-refractivity contribution < 1.29 is 14.3 Å². The van der Waals surface area contributed by atoms with Gasteiger partial charge in [-0.25, -0.2) is 9.78 Å². The molecule has 21 heavy (non-hydrogen) atoms. The Hall–Kier alpha value is -2.51. The number of amides is 1. The van der Waals surface area contributed by atoms with Crippen molar-refractivity contribution in [2.24, 2.45) is 0 Å². The zero-order valence-electron chi connectivity index (χ0n) is 12.0. The van der Waals surface area contributed by atoms with Gasteiger partial charge in [-0.3, -0.25) is 14.8 Å². The Morgan fingerprint density at radius 3 is 2.95 bits per heavy atom. The molecule has 0 atom stereocenters. The lowest BCUT2D eigenvalue weighted by molar-refractivity contribution is 0.0566. The molecular weight excluding hydrogens is 276 g/mol. The lowest BCUT2D eigenvalue weighted by Gasteiger charge is -2.30. The van der Waals surface area contributed by atoms with Crippen molar-refractivity contribution in [3.8, 4) is 5.75 Å². The molecule has 2 aromatic rings. The predicted octanol–water partition coefficient (Wildman–Crippen LogP) is 1.16. The fourth-order valence-electron chi connectivity index (χ4n) is 2.08. The molecule has 0 unspecified atom stereocenters. The minimum atomic E-state index is -0.622. The topological polar surface area (TPSA) is 88.9 Å². The highest BCUT2D eigenvalue weighted by molar-refractivity contribution is 5.89. The number of rotatable bonds is 0. The fourth-order valence-corrected chi connectivity index (χ4v) is 2.08. The van der Waals surface area contributed by atoms with Gasteiger partial charge in [0.15, 0.2) is 11.5 Å². The number of nitrogens with one attached hydrogen (secondary N) is 1. The minimum absolute atomic E-state index is 0.0482. The number of aromatic nitrogens is 3. The first-order valence-corrected chi connectivity index (χ1v) is 6.60. The Morgan fingerprint density at radius 1 is 1.48 bits per heavy atom. The van der Waals surface area contributed by atoms with Crippen LogP contribution in [0.25, 0.3) is 5.65 Å². The van der Waals surface area contributed by atoms with Crippen LogP contribution in [0.1, 0.15) is 20.8 Å². The van der Waals surface area contributed by atoms with E-state index in [1.165, 1.54) is 9.42 Å². The summed E-state index contributed by atoms with van der Waals surface area (Å²) in [6.45, 7) is 5.85. The molecule has 1 N–H and O–H groups in total. The van der Waals surface area contributed by atoms with E-state index in [0.717, 1.165) is 0 Å². The summed E-state index contributed by atoms with van der Waals surface area (Å²) in [7, 11) is 0. The van der Waals surface area contributed by atoms with E-state index in [2.05, 4.69) is 10.1 Å². The minimum Gasteiger partial charge on any atom is -0.483 e. The number of fused-ring (bicyclic) bond motifs is 2. The van der Waals surface area contributed by atoms with Crippen LogP contribution in [0.15, 0.2) is 17.1 Å². The summed E-state index contributed by atoms with van der Waals surface area (Å²) in [6, 6.07) is 1.64. The number of carbonyl (C=O) groups excluding carboxylic acids is 1. The molecule has 3 heterocycles. The van der Waals surface area contributed by atoms with Crippen LogP contribution >= 0.6 is 0 Å². The molecule has 0 saturated heterocycles. The standard InChI is InChI=1S/C13H16N4O4/c1-13(2,3)21-12(19)16-6-7-20-9-10(16)15-8-4-5-14-17(8)11(9)18/h4-5,14H,6-7H2,1-3H3. The molecule has 0 saturated carbocycles. The summed E-state index contributed by atoms with van der Waals surface area (Å²) >= 11 is 0. The first-order chi connectivity index (χ1) is 9.87. The van der Waals surface area contributed by atoms with Crippen LogP contribution in [0.4, 0.5) is 10.6 Å². The van der Waals surface area contributed by atoms with Crippen LogP contribution in [0.2, 0.25) is 0 Å². The van der Waals surface area contributed by atoms with Gasteiger partial charge in [-0.05, 0) is 20.8 Å². The van der Waals surface area contributed by atoms with E-state index in [-0.39, 0.29) is 30.3 Å². The molecule has 0 fully saturated rings. The SMILES string of the molecule is CC(C)(C)OC(=O)N1CCOc2c1nc1cc[nH]n1c2=O. The highest BCUT2D eigenvalue weighted by Gasteiger charge is 2.31. The van der Waals surface area contributed by atoms with Gasteiger partial charge in [0.2, 0.25) is 5.75 Å². The van der Waals surface area contributed by atoms with Crippen LogP contribution in [0.5, 0.6) is 5.75 Å². The summed E-state index contributed by atoms with van der Waals surface area (Å²) in [5.74, 6) is 0.243. The lowest BCUT2D eigenvalue weighted by Crippen LogP contribution is -2.43. The summed E-state index contributed by atoms with van der Waals surface area (Å²) < 4.78 is 12.0. The van der Waals surface area contributed by atoms with E-state index < -0.39 is 11.7 Å². The third-order valence-corrected chi connectivity index (χ3v) is 2.92. The van der Waals surface area contributed by atoms with Crippen molar-refractivity contribution in [2.45, 2.75) is 26.4 Å². The van der Waals surface area contributed by atoms with Crippen LogP contribution in [-0.4, -0.2) is 39.4 Å². The van der Waals surface area contributed by atoms with Gasteiger partial charge < -0.3 is 9.47 Å². The Morgan fingerprint density at radius 2 is 2.24 bits per heavy atom. The van der Waals surface area contributed by atoms with Crippen molar-refractivity contribution in [2.75, 3.05) is 18.1 Å². The maximum absolute atomic E-state index is 12.3. The van der Waals surface area contributed by atoms with Gasteiger partial charge in [0.1, 0.15) is 12.2 Å². The predicted molar refractivity (Wildman–Crippen MR) is 74.9 cm³/mol. The first kappa shape index (κ1) is 13.5. The van der Waals surface area contributed by atoms with Gasteiger partial charge in [0, 0.05) is 12.3 Å². The van der Waals surface area contributed by atoms with E-state index in [1.54, 1.807) is 33.0 Å². The summed E-state index contributed by atoms with van der Waals surface area (Å²) in [6.07, 6.45) is 1.05. The van der Waals surface area contributed by atoms with Gasteiger partial charge in [0.05, 0.1) is 6.54 Å². The summed E-state index contributed by atoms with van der Waals surface area (Å²) in [5, 5.41) is 2.75. The van der Waals surface area contributed by atoms with E-state index in [1.807, 2.05) is 0 Å².